The Morgan fingerprint density at radius 2 is 2.47 bits per heavy atom. The lowest BCUT2D eigenvalue weighted by Gasteiger charge is -2.32. The topological polar surface area (TPSA) is 24.5 Å². The summed E-state index contributed by atoms with van der Waals surface area (Å²) < 4.78 is 5.30. The van der Waals surface area contributed by atoms with Crippen LogP contribution in [0.1, 0.15) is 12.8 Å². The van der Waals surface area contributed by atoms with E-state index in [0.717, 1.165) is 25.0 Å². The van der Waals surface area contributed by atoms with Gasteiger partial charge in [-0.3, -0.25) is 0 Å². The molecule has 2 fully saturated rings. The lowest BCUT2D eigenvalue weighted by molar-refractivity contribution is 0.140. The Morgan fingerprint density at radius 1 is 1.53 bits per heavy atom. The van der Waals surface area contributed by atoms with Crippen molar-refractivity contribution < 1.29 is 4.74 Å². The first-order chi connectivity index (χ1) is 7.36. The second-order valence-electron chi connectivity index (χ2n) is 4.65. The van der Waals surface area contributed by atoms with Gasteiger partial charge in [-0.25, -0.2) is 0 Å². The third-order valence-corrected chi connectivity index (χ3v) is 3.73. The van der Waals surface area contributed by atoms with Crippen LogP contribution in [-0.4, -0.2) is 43.3 Å². The molecule has 3 atom stereocenters. The van der Waals surface area contributed by atoms with Gasteiger partial charge in [0.05, 0.1) is 6.10 Å². The third kappa shape index (κ3) is 1.60. The maximum absolute atomic E-state index is 5.30. The molecule has 0 aromatic heterocycles. The molecule has 2 saturated heterocycles. The summed E-state index contributed by atoms with van der Waals surface area (Å²) in [6.07, 6.45) is 9.33. The molecule has 3 rings (SSSR count). The summed E-state index contributed by atoms with van der Waals surface area (Å²) in [5.41, 5.74) is 1.40. The van der Waals surface area contributed by atoms with Crippen molar-refractivity contribution in [3.05, 3.63) is 23.9 Å². The number of ether oxygens (including phenoxy) is 1. The highest BCUT2D eigenvalue weighted by atomic mass is 16.5. The number of rotatable bonds is 2. The van der Waals surface area contributed by atoms with Crippen LogP contribution in [0.4, 0.5) is 0 Å². The summed E-state index contributed by atoms with van der Waals surface area (Å²) in [6, 6.07) is 1.45. The number of fused-ring (bicyclic) bond motifs is 2. The number of methoxy groups -OCH3 is 1. The molecule has 2 heterocycles. The number of nitrogens with zero attached hydrogens (tertiary/aromatic N) is 1. The molecule has 1 N–H and O–H groups in total. The Balaban J connectivity index is 1.69. The first kappa shape index (κ1) is 9.43. The summed E-state index contributed by atoms with van der Waals surface area (Å²) >= 11 is 0. The molecule has 0 aromatic rings. The van der Waals surface area contributed by atoms with E-state index in [1.165, 1.54) is 18.7 Å². The van der Waals surface area contributed by atoms with Gasteiger partial charge in [0.1, 0.15) is 0 Å². The predicted octanol–water partition coefficient (Wildman–Crippen LogP) is 0.891. The highest BCUT2D eigenvalue weighted by Crippen LogP contribution is 2.29. The van der Waals surface area contributed by atoms with E-state index in [-0.39, 0.29) is 6.10 Å². The van der Waals surface area contributed by atoms with Crippen molar-refractivity contribution >= 4 is 0 Å². The minimum atomic E-state index is 0.284. The van der Waals surface area contributed by atoms with Crippen molar-refractivity contribution in [1.82, 2.24) is 10.2 Å². The van der Waals surface area contributed by atoms with Gasteiger partial charge in [0.15, 0.2) is 0 Å². The first-order valence-corrected chi connectivity index (χ1v) is 5.78. The minimum absolute atomic E-state index is 0.284. The molecule has 82 valence electrons. The van der Waals surface area contributed by atoms with Gasteiger partial charge >= 0.3 is 0 Å². The molecule has 0 spiro atoms. The van der Waals surface area contributed by atoms with E-state index in [4.69, 9.17) is 4.74 Å². The molecule has 3 aliphatic rings. The van der Waals surface area contributed by atoms with E-state index in [1.54, 1.807) is 7.11 Å². The maximum atomic E-state index is 5.30. The quantitative estimate of drug-likeness (QED) is 0.726. The average Bonchev–Trinajstić information content (AvgIpc) is 2.91. The van der Waals surface area contributed by atoms with E-state index in [9.17, 15) is 0 Å². The second kappa shape index (κ2) is 3.65. The van der Waals surface area contributed by atoms with Crippen LogP contribution in [0.15, 0.2) is 23.9 Å². The number of likely N-dealkylation sites (tertiary alicyclic amines) is 1. The zero-order valence-electron chi connectivity index (χ0n) is 9.15. The van der Waals surface area contributed by atoms with Crippen molar-refractivity contribution in [3.63, 3.8) is 0 Å². The highest BCUT2D eigenvalue weighted by molar-refractivity contribution is 5.26. The number of hydrogen-bond acceptors (Lipinski definition) is 3. The Hall–Kier alpha value is -0.800. The smallest absolute Gasteiger partial charge is 0.0791 e. The van der Waals surface area contributed by atoms with Gasteiger partial charge in [-0.1, -0.05) is 12.2 Å². The Morgan fingerprint density at radius 3 is 3.00 bits per heavy atom. The first-order valence-electron chi connectivity index (χ1n) is 5.78. The number of allylic oxidation sites excluding steroid dienone is 1. The van der Waals surface area contributed by atoms with Gasteiger partial charge in [0.2, 0.25) is 0 Å². The molecule has 2 aliphatic heterocycles. The summed E-state index contributed by atoms with van der Waals surface area (Å²) in [5, 5.41) is 3.53. The fraction of sp³-hybridized carbons (Fsp3) is 0.667. The molecular weight excluding hydrogens is 188 g/mol. The fourth-order valence-electron chi connectivity index (χ4n) is 2.85. The van der Waals surface area contributed by atoms with Crippen molar-refractivity contribution in [3.8, 4) is 0 Å². The lowest BCUT2D eigenvalue weighted by atomic mass is 10.1. The maximum Gasteiger partial charge on any atom is 0.0791 e. The molecule has 15 heavy (non-hydrogen) atoms. The van der Waals surface area contributed by atoms with E-state index in [0.29, 0.717) is 0 Å². The molecule has 0 saturated carbocycles. The molecule has 3 unspecified atom stereocenters. The van der Waals surface area contributed by atoms with Crippen molar-refractivity contribution in [1.29, 1.82) is 0 Å². The van der Waals surface area contributed by atoms with Gasteiger partial charge in [-0.2, -0.15) is 0 Å². The van der Waals surface area contributed by atoms with E-state index >= 15 is 0 Å². The number of hydrogen-bond donors (Lipinski definition) is 1. The van der Waals surface area contributed by atoms with Crippen LogP contribution in [0.3, 0.4) is 0 Å². The van der Waals surface area contributed by atoms with Gasteiger partial charge in [-0.15, -0.1) is 0 Å². The largest absolute Gasteiger partial charge is 0.377 e. The van der Waals surface area contributed by atoms with Crippen LogP contribution in [0, 0.1) is 0 Å². The molecule has 3 heteroatoms. The Kier molecular flexibility index (Phi) is 2.29. The van der Waals surface area contributed by atoms with Gasteiger partial charge in [0.25, 0.3) is 0 Å². The molecular formula is C12H18N2O. The van der Waals surface area contributed by atoms with Crippen LogP contribution < -0.4 is 5.32 Å². The monoisotopic (exact) mass is 206 g/mol. The van der Waals surface area contributed by atoms with Crippen LogP contribution in [-0.2, 0) is 4.74 Å². The zero-order valence-corrected chi connectivity index (χ0v) is 9.15. The highest BCUT2D eigenvalue weighted by Gasteiger charge is 2.38. The minimum Gasteiger partial charge on any atom is -0.377 e. The van der Waals surface area contributed by atoms with Gasteiger partial charge in [0, 0.05) is 38.0 Å². The standard InChI is InChI=1S/C12H18N2O/c1-15-12-4-2-10(3-5-12)14-8-9-6-11(14)7-13-9/h2-4,9,11-13H,5-8H2,1H3. The van der Waals surface area contributed by atoms with Crippen molar-refractivity contribution in [2.75, 3.05) is 20.2 Å². The molecule has 0 radical (unpaired) electrons. The van der Waals surface area contributed by atoms with Crippen LogP contribution in [0.25, 0.3) is 0 Å². The van der Waals surface area contributed by atoms with E-state index in [2.05, 4.69) is 28.4 Å². The second-order valence-corrected chi connectivity index (χ2v) is 4.65. The Labute approximate surface area is 90.8 Å². The molecule has 1 aliphatic carbocycles. The number of nitrogens with one attached hydrogen (secondary N) is 1. The number of piperazine rings is 1. The van der Waals surface area contributed by atoms with Crippen molar-refractivity contribution in [2.24, 2.45) is 0 Å². The van der Waals surface area contributed by atoms with Gasteiger partial charge in [-0.05, 0) is 18.9 Å². The summed E-state index contributed by atoms with van der Waals surface area (Å²) in [5.74, 6) is 0. The molecule has 3 nitrogen and oxygen atoms in total. The summed E-state index contributed by atoms with van der Waals surface area (Å²) in [4.78, 5) is 2.55. The average molecular weight is 206 g/mol. The lowest BCUT2D eigenvalue weighted by Crippen LogP contribution is -2.42. The predicted molar refractivity (Wildman–Crippen MR) is 59.5 cm³/mol. The molecule has 0 aromatic carbocycles. The fourth-order valence-corrected chi connectivity index (χ4v) is 2.85. The van der Waals surface area contributed by atoms with E-state index < -0.39 is 0 Å². The van der Waals surface area contributed by atoms with Crippen LogP contribution >= 0.6 is 0 Å². The Bertz CT molecular complexity index is 311. The summed E-state index contributed by atoms with van der Waals surface area (Å²) in [7, 11) is 1.77. The SMILES string of the molecule is COC1C=CC(N2CC3CC2CN3)=CC1. The normalized spacial score (nSPS) is 38.6. The summed E-state index contributed by atoms with van der Waals surface area (Å²) in [6.45, 7) is 2.34. The van der Waals surface area contributed by atoms with Crippen molar-refractivity contribution in [2.45, 2.75) is 31.0 Å². The van der Waals surface area contributed by atoms with Crippen LogP contribution in [0.2, 0.25) is 0 Å². The van der Waals surface area contributed by atoms with Crippen LogP contribution in [0.5, 0.6) is 0 Å². The third-order valence-electron chi connectivity index (χ3n) is 3.73. The molecule has 0 amide bonds. The molecule has 2 bridgehead atoms. The zero-order chi connectivity index (χ0) is 10.3. The van der Waals surface area contributed by atoms with Gasteiger partial charge < -0.3 is 15.0 Å². The van der Waals surface area contributed by atoms with E-state index in [1.807, 2.05) is 0 Å².